The molecule has 0 atom stereocenters. The van der Waals surface area contributed by atoms with Gasteiger partial charge in [-0.25, -0.2) is 0 Å². The average Bonchev–Trinajstić information content (AvgIpc) is 0.722. The van der Waals surface area contributed by atoms with Gasteiger partial charge in [-0.2, -0.15) is 0 Å². The molecule has 4 heavy (non-hydrogen) atoms. The first-order valence-electron chi connectivity index (χ1n) is 1.58. The average molecular weight is 138 g/mol. The van der Waals surface area contributed by atoms with Crippen molar-refractivity contribution in [3.8, 4) is 0 Å². The van der Waals surface area contributed by atoms with Crippen LogP contribution in [0.2, 0.25) is 9.62 Å². The van der Waals surface area contributed by atoms with Gasteiger partial charge >= 0.3 is 34.6 Å². The van der Waals surface area contributed by atoms with Gasteiger partial charge in [-0.3, -0.25) is 0 Å². The van der Waals surface area contributed by atoms with E-state index in [1.807, 2.05) is 0 Å². The zero-order chi connectivity index (χ0) is 2.83. The van der Waals surface area contributed by atoms with Crippen LogP contribution in [0.3, 0.4) is 0 Å². The van der Waals surface area contributed by atoms with Crippen molar-refractivity contribution in [3.63, 3.8) is 0 Å². The Morgan fingerprint density at radius 3 is 1.50 bits per heavy atom. The molecule has 0 spiro atoms. The zero-order valence-electron chi connectivity index (χ0n) is 2.53. The zero-order valence-corrected chi connectivity index (χ0v) is 4.54. The van der Waals surface area contributed by atoms with Crippen LogP contribution in [0.25, 0.3) is 0 Å². The quantitative estimate of drug-likeness (QED) is 0.442. The first-order chi connectivity index (χ1) is 2.00. The molecule has 1 aliphatic rings. The summed E-state index contributed by atoms with van der Waals surface area (Å²) in [6.45, 7) is 0. The molecule has 0 aromatic heterocycles. The van der Waals surface area contributed by atoms with E-state index in [-0.39, 0.29) is 0 Å². The Morgan fingerprint density at radius 2 is 1.50 bits per heavy atom. The monoisotopic (exact) mass is 140 g/mol. The van der Waals surface area contributed by atoms with Gasteiger partial charge in [0.05, 0.1) is 0 Å². The fraction of sp³-hybridized carbons (Fsp3) is 1.00. The van der Waals surface area contributed by atoms with Crippen molar-refractivity contribution in [1.29, 1.82) is 0 Å². The molecular weight excluding hydrogens is 132 g/mol. The minimum absolute atomic E-state index is 0.662. The predicted molar refractivity (Wildman–Crippen MR) is 14.2 cm³/mol. The number of rotatable bonds is 0. The Kier molecular flexibility index (Phi) is 0.880. The van der Waals surface area contributed by atoms with E-state index >= 15 is 0 Å². The molecule has 0 aromatic carbocycles. The van der Waals surface area contributed by atoms with E-state index < -0.39 is 0 Å². The van der Waals surface area contributed by atoms with Crippen LogP contribution in [0, 0.1) is 0 Å². The summed E-state index contributed by atoms with van der Waals surface area (Å²) in [6.07, 6.45) is 1.56. The molecule has 0 radical (unpaired) electrons. The third-order valence-corrected chi connectivity index (χ3v) is 3.42. The van der Waals surface area contributed by atoms with Crippen molar-refractivity contribution in [3.05, 3.63) is 0 Å². The first kappa shape index (κ1) is 2.90. The maximum absolute atomic E-state index is 1.63. The molecule has 0 N–H and O–H groups in total. The van der Waals surface area contributed by atoms with E-state index in [0.29, 0.717) is 18.6 Å². The SMILES string of the molecule is C1[CH2][Mo][CH2]1. The van der Waals surface area contributed by atoms with E-state index in [1.165, 1.54) is 0 Å². The van der Waals surface area contributed by atoms with E-state index in [0.717, 1.165) is 0 Å². The fourth-order valence-electron chi connectivity index (χ4n) is 0.144. The van der Waals surface area contributed by atoms with Crippen molar-refractivity contribution in [2.24, 2.45) is 0 Å². The van der Waals surface area contributed by atoms with Gasteiger partial charge in [0.2, 0.25) is 0 Å². The summed E-state index contributed by atoms with van der Waals surface area (Å²) < 4.78 is 0. The summed E-state index contributed by atoms with van der Waals surface area (Å²) >= 11 is 0.662. The molecule has 0 saturated carbocycles. The van der Waals surface area contributed by atoms with Crippen molar-refractivity contribution in [1.82, 2.24) is 0 Å². The summed E-state index contributed by atoms with van der Waals surface area (Å²) in [5.41, 5.74) is 0. The van der Waals surface area contributed by atoms with Gasteiger partial charge in [0.15, 0.2) is 0 Å². The van der Waals surface area contributed by atoms with Gasteiger partial charge < -0.3 is 0 Å². The van der Waals surface area contributed by atoms with Gasteiger partial charge in [0.25, 0.3) is 0 Å². The maximum atomic E-state index is 1.63. The van der Waals surface area contributed by atoms with Gasteiger partial charge in [-0.1, -0.05) is 0 Å². The van der Waals surface area contributed by atoms with Crippen LogP contribution in [0.5, 0.6) is 0 Å². The van der Waals surface area contributed by atoms with Crippen LogP contribution in [-0.4, -0.2) is 0 Å². The molecule has 0 aromatic rings. The van der Waals surface area contributed by atoms with Crippen molar-refractivity contribution in [2.75, 3.05) is 0 Å². The van der Waals surface area contributed by atoms with Gasteiger partial charge in [-0.05, 0) is 0 Å². The third kappa shape index (κ3) is 0.349. The Labute approximate surface area is 35.1 Å². The summed E-state index contributed by atoms with van der Waals surface area (Å²) in [7, 11) is 0. The van der Waals surface area contributed by atoms with E-state index in [4.69, 9.17) is 0 Å². The van der Waals surface area contributed by atoms with Gasteiger partial charge in [-0.15, -0.1) is 0 Å². The predicted octanol–water partition coefficient (Wildman–Crippen LogP) is 1.31. The van der Waals surface area contributed by atoms with Crippen LogP contribution in [-0.2, 0) is 18.6 Å². The molecule has 0 aliphatic carbocycles. The van der Waals surface area contributed by atoms with Crippen LogP contribution >= 0.6 is 0 Å². The van der Waals surface area contributed by atoms with Crippen LogP contribution in [0.4, 0.5) is 0 Å². The van der Waals surface area contributed by atoms with Crippen molar-refractivity contribution >= 4 is 0 Å². The molecule has 0 unspecified atom stereocenters. The van der Waals surface area contributed by atoms with Crippen molar-refractivity contribution < 1.29 is 18.6 Å². The fourth-order valence-corrected chi connectivity index (χ4v) is 0.854. The Morgan fingerprint density at radius 1 is 1.25 bits per heavy atom. The Balaban J connectivity index is 2.00. The third-order valence-electron chi connectivity index (χ3n) is 0.577. The molecule has 1 saturated heterocycles. The standard InChI is InChI=1S/C3H6.Mo/c1-3-2;/h1-3H2;. The molecule has 1 rings (SSSR count). The van der Waals surface area contributed by atoms with E-state index in [9.17, 15) is 0 Å². The normalized spacial score (nSPS) is 24.0. The molecule has 1 heteroatoms. The molecule has 0 amide bonds. The van der Waals surface area contributed by atoms with Gasteiger partial charge in [0.1, 0.15) is 0 Å². The Bertz CT molecular complexity index is 11.2. The van der Waals surface area contributed by atoms with Crippen LogP contribution < -0.4 is 0 Å². The topological polar surface area (TPSA) is 0 Å². The number of hydrogen-bond acceptors (Lipinski definition) is 0. The molecule has 1 heterocycles. The summed E-state index contributed by atoms with van der Waals surface area (Å²) in [5, 5.41) is 0. The second-order valence-electron chi connectivity index (χ2n) is 0.966. The second kappa shape index (κ2) is 1.21. The molecule has 0 nitrogen and oxygen atoms in total. The summed E-state index contributed by atoms with van der Waals surface area (Å²) in [6, 6.07) is 0. The van der Waals surface area contributed by atoms with Crippen LogP contribution in [0.15, 0.2) is 0 Å². The second-order valence-corrected chi connectivity index (χ2v) is 3.98. The minimum atomic E-state index is 0.662. The molecule has 0 bridgehead atoms. The van der Waals surface area contributed by atoms with E-state index in [1.54, 1.807) is 16.0 Å². The molecule has 1 fully saturated rings. The molecular formula is C3H6Mo. The van der Waals surface area contributed by atoms with Crippen molar-refractivity contribution in [2.45, 2.75) is 16.0 Å². The molecule has 1 aliphatic heterocycles. The summed E-state index contributed by atoms with van der Waals surface area (Å²) in [5.74, 6) is 0. The Hall–Kier alpha value is 0.688. The van der Waals surface area contributed by atoms with Gasteiger partial charge in [0, 0.05) is 0 Å². The summed E-state index contributed by atoms with van der Waals surface area (Å²) in [4.78, 5) is 3.26. The molecule has 24 valence electrons. The number of hydrogen-bond donors (Lipinski definition) is 0. The first-order valence-corrected chi connectivity index (χ1v) is 4.42. The van der Waals surface area contributed by atoms with Crippen LogP contribution in [0.1, 0.15) is 6.42 Å². The van der Waals surface area contributed by atoms with E-state index in [2.05, 4.69) is 0 Å².